The van der Waals surface area contributed by atoms with Gasteiger partial charge in [-0.25, -0.2) is 4.79 Å². The molecule has 1 heterocycles. The van der Waals surface area contributed by atoms with E-state index in [-0.39, 0.29) is 12.5 Å². The molecular weight excluding hydrogens is 302 g/mol. The largest absolute Gasteiger partial charge is 0.497 e. The smallest absolute Gasteiger partial charge is 0.338 e. The number of hydrogen-bond donors (Lipinski definition) is 1. The number of esters is 1. The van der Waals surface area contributed by atoms with Crippen molar-refractivity contribution < 1.29 is 19.1 Å². The fourth-order valence-electron chi connectivity index (χ4n) is 1.77. The molecule has 0 aliphatic carbocycles. The van der Waals surface area contributed by atoms with Gasteiger partial charge in [-0.05, 0) is 36.1 Å². The standard InChI is InChI=1S/C16H17NO4S/c1-20-13-6-2-5-12(11-13)16(19)21-9-4-8-17-15(18)14-7-3-10-22-14/h2-3,5-7,10-11H,4,8-9H2,1H3,(H,17,18). The molecule has 1 N–H and O–H groups in total. The maximum atomic E-state index is 11.8. The van der Waals surface area contributed by atoms with Crippen molar-refractivity contribution in [3.8, 4) is 5.75 Å². The summed E-state index contributed by atoms with van der Waals surface area (Å²) in [5.74, 6) is 0.107. The molecule has 0 spiro atoms. The average Bonchev–Trinajstić information content (AvgIpc) is 3.08. The van der Waals surface area contributed by atoms with Crippen LogP contribution in [0.1, 0.15) is 26.5 Å². The Balaban J connectivity index is 1.68. The predicted octanol–water partition coefficient (Wildman–Crippen LogP) is 2.73. The first kappa shape index (κ1) is 16.0. The van der Waals surface area contributed by atoms with Gasteiger partial charge >= 0.3 is 5.97 Å². The van der Waals surface area contributed by atoms with Crippen LogP contribution >= 0.6 is 11.3 Å². The predicted molar refractivity (Wildman–Crippen MR) is 84.5 cm³/mol. The molecule has 1 amide bonds. The van der Waals surface area contributed by atoms with E-state index in [1.165, 1.54) is 11.3 Å². The molecule has 0 aliphatic heterocycles. The van der Waals surface area contributed by atoms with Crippen LogP contribution in [-0.2, 0) is 4.74 Å². The first-order chi connectivity index (χ1) is 10.7. The van der Waals surface area contributed by atoms with Crippen molar-refractivity contribution in [3.63, 3.8) is 0 Å². The molecule has 2 aromatic rings. The second-order valence-electron chi connectivity index (χ2n) is 4.45. The van der Waals surface area contributed by atoms with Crippen molar-refractivity contribution >= 4 is 23.2 Å². The molecule has 0 fully saturated rings. The highest BCUT2D eigenvalue weighted by Crippen LogP contribution is 2.13. The summed E-state index contributed by atoms with van der Waals surface area (Å²) in [6, 6.07) is 10.4. The number of benzene rings is 1. The van der Waals surface area contributed by atoms with Crippen LogP contribution in [-0.4, -0.2) is 32.1 Å². The maximum absolute atomic E-state index is 11.8. The summed E-state index contributed by atoms with van der Waals surface area (Å²) in [6.07, 6.45) is 0.562. The molecule has 6 heteroatoms. The van der Waals surface area contributed by atoms with Crippen molar-refractivity contribution in [2.75, 3.05) is 20.3 Å². The number of amides is 1. The molecule has 0 bridgehead atoms. The molecule has 2 rings (SSSR count). The number of carbonyl (C=O) groups excluding carboxylic acids is 2. The van der Waals surface area contributed by atoms with E-state index in [1.807, 2.05) is 11.4 Å². The molecule has 0 atom stereocenters. The highest BCUT2D eigenvalue weighted by atomic mass is 32.1. The number of hydrogen-bond acceptors (Lipinski definition) is 5. The summed E-state index contributed by atoms with van der Waals surface area (Å²) in [6.45, 7) is 0.711. The Hall–Kier alpha value is -2.34. The Morgan fingerprint density at radius 3 is 2.82 bits per heavy atom. The fraction of sp³-hybridized carbons (Fsp3) is 0.250. The van der Waals surface area contributed by atoms with E-state index < -0.39 is 5.97 Å². The minimum atomic E-state index is -0.400. The van der Waals surface area contributed by atoms with Gasteiger partial charge < -0.3 is 14.8 Å². The molecule has 0 radical (unpaired) electrons. The van der Waals surface area contributed by atoms with E-state index in [0.717, 1.165) is 0 Å². The molecule has 0 aliphatic rings. The summed E-state index contributed by atoms with van der Waals surface area (Å²) >= 11 is 1.39. The summed E-state index contributed by atoms with van der Waals surface area (Å²) in [4.78, 5) is 24.2. The molecule has 22 heavy (non-hydrogen) atoms. The lowest BCUT2D eigenvalue weighted by Gasteiger charge is -2.07. The Kier molecular flexibility index (Phi) is 5.97. The number of rotatable bonds is 7. The third-order valence-electron chi connectivity index (χ3n) is 2.89. The van der Waals surface area contributed by atoms with Gasteiger partial charge in [-0.15, -0.1) is 11.3 Å². The van der Waals surface area contributed by atoms with Gasteiger partial charge in [0.2, 0.25) is 0 Å². The van der Waals surface area contributed by atoms with E-state index in [2.05, 4.69) is 5.32 Å². The molecule has 0 saturated carbocycles. The van der Waals surface area contributed by atoms with Crippen LogP contribution in [0, 0.1) is 0 Å². The number of ether oxygens (including phenoxy) is 2. The Morgan fingerprint density at radius 1 is 1.23 bits per heavy atom. The quantitative estimate of drug-likeness (QED) is 0.629. The minimum Gasteiger partial charge on any atom is -0.497 e. The molecular formula is C16H17NO4S. The first-order valence-corrected chi connectivity index (χ1v) is 7.71. The normalized spacial score (nSPS) is 10.0. The van der Waals surface area contributed by atoms with Crippen molar-refractivity contribution in [2.24, 2.45) is 0 Å². The summed E-state index contributed by atoms with van der Waals surface area (Å²) in [7, 11) is 1.54. The van der Waals surface area contributed by atoms with Gasteiger partial charge in [0, 0.05) is 6.54 Å². The van der Waals surface area contributed by atoms with E-state index in [9.17, 15) is 9.59 Å². The highest BCUT2D eigenvalue weighted by molar-refractivity contribution is 7.12. The Morgan fingerprint density at radius 2 is 2.09 bits per heavy atom. The lowest BCUT2D eigenvalue weighted by molar-refractivity contribution is 0.0500. The van der Waals surface area contributed by atoms with Gasteiger partial charge in [0.25, 0.3) is 5.91 Å². The molecule has 0 saturated heterocycles. The van der Waals surface area contributed by atoms with Crippen LogP contribution in [0.2, 0.25) is 0 Å². The lowest BCUT2D eigenvalue weighted by Crippen LogP contribution is -2.24. The van der Waals surface area contributed by atoms with E-state index in [0.29, 0.717) is 29.2 Å². The molecule has 5 nitrogen and oxygen atoms in total. The van der Waals surface area contributed by atoms with Crippen molar-refractivity contribution in [3.05, 3.63) is 52.2 Å². The molecule has 0 unspecified atom stereocenters. The van der Waals surface area contributed by atoms with Crippen molar-refractivity contribution in [1.29, 1.82) is 0 Å². The first-order valence-electron chi connectivity index (χ1n) is 6.83. The van der Waals surface area contributed by atoms with Gasteiger partial charge in [0.05, 0.1) is 24.2 Å². The van der Waals surface area contributed by atoms with Crippen LogP contribution in [0.15, 0.2) is 41.8 Å². The van der Waals surface area contributed by atoms with Crippen LogP contribution in [0.5, 0.6) is 5.75 Å². The molecule has 1 aromatic heterocycles. The minimum absolute atomic E-state index is 0.103. The van der Waals surface area contributed by atoms with Crippen LogP contribution in [0.3, 0.4) is 0 Å². The summed E-state index contributed by atoms with van der Waals surface area (Å²) in [5.41, 5.74) is 0.446. The topological polar surface area (TPSA) is 64.6 Å². The number of nitrogens with one attached hydrogen (secondary N) is 1. The average molecular weight is 319 g/mol. The fourth-order valence-corrected chi connectivity index (χ4v) is 2.41. The van der Waals surface area contributed by atoms with Crippen LogP contribution in [0.4, 0.5) is 0 Å². The van der Waals surface area contributed by atoms with Crippen LogP contribution in [0.25, 0.3) is 0 Å². The summed E-state index contributed by atoms with van der Waals surface area (Å²) < 4.78 is 10.2. The van der Waals surface area contributed by atoms with Gasteiger partial charge in [0.15, 0.2) is 0 Å². The van der Waals surface area contributed by atoms with Crippen molar-refractivity contribution in [2.45, 2.75) is 6.42 Å². The number of methoxy groups -OCH3 is 1. The third kappa shape index (κ3) is 4.60. The van der Waals surface area contributed by atoms with Gasteiger partial charge in [-0.2, -0.15) is 0 Å². The van der Waals surface area contributed by atoms with Gasteiger partial charge in [-0.3, -0.25) is 4.79 Å². The monoisotopic (exact) mass is 319 g/mol. The van der Waals surface area contributed by atoms with E-state index in [4.69, 9.17) is 9.47 Å². The molecule has 1 aromatic carbocycles. The maximum Gasteiger partial charge on any atom is 0.338 e. The Labute approximate surface area is 132 Å². The molecule has 116 valence electrons. The SMILES string of the molecule is COc1cccc(C(=O)OCCCNC(=O)c2cccs2)c1. The zero-order valence-corrected chi connectivity index (χ0v) is 13.0. The van der Waals surface area contributed by atoms with Crippen molar-refractivity contribution in [1.82, 2.24) is 5.32 Å². The summed E-state index contributed by atoms with van der Waals surface area (Å²) in [5, 5.41) is 4.63. The van der Waals surface area contributed by atoms with Crippen LogP contribution < -0.4 is 10.1 Å². The third-order valence-corrected chi connectivity index (χ3v) is 3.76. The van der Waals surface area contributed by atoms with E-state index >= 15 is 0 Å². The number of carbonyl (C=O) groups is 2. The zero-order chi connectivity index (χ0) is 15.8. The second-order valence-corrected chi connectivity index (χ2v) is 5.40. The zero-order valence-electron chi connectivity index (χ0n) is 12.2. The van der Waals surface area contributed by atoms with Gasteiger partial charge in [0.1, 0.15) is 5.75 Å². The lowest BCUT2D eigenvalue weighted by atomic mass is 10.2. The second kappa shape index (κ2) is 8.19. The number of thiophene rings is 1. The Bertz CT molecular complexity index is 625. The highest BCUT2D eigenvalue weighted by Gasteiger charge is 2.08. The van der Waals surface area contributed by atoms with Gasteiger partial charge in [-0.1, -0.05) is 12.1 Å². The van der Waals surface area contributed by atoms with E-state index in [1.54, 1.807) is 37.4 Å².